The molecule has 0 spiro atoms. The van der Waals surface area contributed by atoms with Gasteiger partial charge in [-0.25, -0.2) is 4.79 Å². The quantitative estimate of drug-likeness (QED) is 0.523. The Labute approximate surface area is 191 Å². The Balaban J connectivity index is 0.000000478. The van der Waals surface area contributed by atoms with Gasteiger partial charge in [0.1, 0.15) is 11.3 Å². The number of ether oxygens (including phenoxy) is 3. The summed E-state index contributed by atoms with van der Waals surface area (Å²) in [7, 11) is 0. The summed E-state index contributed by atoms with van der Waals surface area (Å²) in [5.41, 5.74) is 0.0937. The van der Waals surface area contributed by atoms with E-state index >= 15 is 0 Å². The summed E-state index contributed by atoms with van der Waals surface area (Å²) in [5, 5.41) is 0.746. The lowest BCUT2D eigenvalue weighted by molar-refractivity contribution is -0.0610. The van der Waals surface area contributed by atoms with Crippen LogP contribution in [0.4, 0.5) is 4.79 Å². The molecule has 2 aliphatic heterocycles. The minimum absolute atomic E-state index is 0.0525. The largest absolute Gasteiger partial charge is 0.444 e. The van der Waals surface area contributed by atoms with Crippen LogP contribution in [0.3, 0.4) is 0 Å². The molecular formula is C25H36ClNO4. The Morgan fingerprint density at radius 3 is 2.26 bits per heavy atom. The van der Waals surface area contributed by atoms with E-state index in [0.29, 0.717) is 6.61 Å². The van der Waals surface area contributed by atoms with E-state index in [1.165, 1.54) is 18.4 Å². The van der Waals surface area contributed by atoms with Crippen molar-refractivity contribution in [1.82, 2.24) is 4.90 Å². The van der Waals surface area contributed by atoms with Crippen molar-refractivity contribution in [1.29, 1.82) is 0 Å². The maximum absolute atomic E-state index is 12.7. The normalized spacial score (nSPS) is 24.1. The molecule has 0 radical (unpaired) electrons. The molecular weight excluding hydrogens is 414 g/mol. The van der Waals surface area contributed by atoms with Gasteiger partial charge in [0.2, 0.25) is 0 Å². The predicted octanol–water partition coefficient (Wildman–Crippen LogP) is 6.10. The first kappa shape index (κ1) is 24.1. The van der Waals surface area contributed by atoms with Gasteiger partial charge in [0.15, 0.2) is 0 Å². The Morgan fingerprint density at radius 2 is 1.77 bits per heavy atom. The fraction of sp³-hybridized carbons (Fsp3) is 0.640. The van der Waals surface area contributed by atoms with Crippen molar-refractivity contribution < 1.29 is 19.0 Å². The maximum Gasteiger partial charge on any atom is 0.413 e. The fourth-order valence-corrected chi connectivity index (χ4v) is 4.04. The second kappa shape index (κ2) is 9.51. The predicted molar refractivity (Wildman–Crippen MR) is 123 cm³/mol. The van der Waals surface area contributed by atoms with Gasteiger partial charge in [-0.3, -0.25) is 4.90 Å². The third kappa shape index (κ3) is 6.47. The third-order valence-corrected chi connectivity index (χ3v) is 6.03. The number of rotatable bonds is 3. The summed E-state index contributed by atoms with van der Waals surface area (Å²) in [5.74, 6) is 0. The van der Waals surface area contributed by atoms with Crippen LogP contribution in [-0.2, 0) is 19.6 Å². The van der Waals surface area contributed by atoms with Crippen LogP contribution >= 0.6 is 11.6 Å². The molecule has 0 bridgehead atoms. The standard InChI is InChI=1S/C21H28ClNO3.C4H8O/c1-19(2,3)26-18(24)23-17(14-25-20(23,4)5)10-11-21(12-13-21)15-6-8-16(22)9-7-15;1-2-4-5-3-1/h6-11,17H,12-14H2,1-5H3;1-4H2/b11-10-;/t17-;/m0./s1. The number of hydrogen-bond acceptors (Lipinski definition) is 4. The van der Waals surface area contributed by atoms with E-state index in [1.54, 1.807) is 4.90 Å². The number of carbonyl (C=O) groups excluding carboxylic acids is 1. The molecule has 1 saturated carbocycles. The summed E-state index contributed by atoms with van der Waals surface area (Å²) in [4.78, 5) is 14.4. The fourth-order valence-electron chi connectivity index (χ4n) is 3.91. The lowest BCUT2D eigenvalue weighted by Gasteiger charge is -2.34. The number of nitrogens with zero attached hydrogens (tertiary/aromatic N) is 1. The van der Waals surface area contributed by atoms with Crippen LogP contribution in [-0.4, -0.2) is 48.2 Å². The van der Waals surface area contributed by atoms with Crippen LogP contribution in [0.15, 0.2) is 36.4 Å². The first-order chi connectivity index (χ1) is 14.5. The number of hydrogen-bond donors (Lipinski definition) is 0. The molecule has 3 fully saturated rings. The average Bonchev–Trinajstić information content (AvgIpc) is 3.09. The van der Waals surface area contributed by atoms with E-state index in [0.717, 1.165) is 31.1 Å². The highest BCUT2D eigenvalue weighted by Crippen LogP contribution is 2.50. The van der Waals surface area contributed by atoms with E-state index in [1.807, 2.05) is 46.8 Å². The zero-order valence-electron chi connectivity index (χ0n) is 19.4. The molecule has 4 rings (SSSR count). The average molecular weight is 450 g/mol. The van der Waals surface area contributed by atoms with Crippen LogP contribution in [0.25, 0.3) is 0 Å². The van der Waals surface area contributed by atoms with Crippen molar-refractivity contribution in [3.8, 4) is 0 Å². The monoisotopic (exact) mass is 449 g/mol. The molecule has 1 atom stereocenters. The molecule has 2 saturated heterocycles. The zero-order chi connectivity index (χ0) is 22.7. The Kier molecular flexibility index (Phi) is 7.39. The molecule has 1 aromatic rings. The van der Waals surface area contributed by atoms with E-state index in [2.05, 4.69) is 24.3 Å². The van der Waals surface area contributed by atoms with Crippen molar-refractivity contribution in [2.45, 2.75) is 83.1 Å². The van der Waals surface area contributed by atoms with Crippen molar-refractivity contribution in [3.63, 3.8) is 0 Å². The molecule has 1 aliphatic carbocycles. The minimum Gasteiger partial charge on any atom is -0.444 e. The third-order valence-electron chi connectivity index (χ3n) is 5.78. The van der Waals surface area contributed by atoms with Crippen LogP contribution in [0.1, 0.15) is 65.9 Å². The van der Waals surface area contributed by atoms with Gasteiger partial charge < -0.3 is 14.2 Å². The van der Waals surface area contributed by atoms with Crippen molar-refractivity contribution in [2.75, 3.05) is 19.8 Å². The van der Waals surface area contributed by atoms with Gasteiger partial charge in [0.05, 0.1) is 12.6 Å². The number of carbonyl (C=O) groups is 1. The molecule has 6 heteroatoms. The minimum atomic E-state index is -0.686. The molecule has 5 nitrogen and oxygen atoms in total. The first-order valence-electron chi connectivity index (χ1n) is 11.2. The second-order valence-corrected chi connectivity index (χ2v) is 10.5. The molecule has 172 valence electrons. The van der Waals surface area contributed by atoms with Gasteiger partial charge in [0.25, 0.3) is 0 Å². The van der Waals surface area contributed by atoms with Gasteiger partial charge in [-0.05, 0) is 78.0 Å². The van der Waals surface area contributed by atoms with Crippen LogP contribution in [0.2, 0.25) is 5.02 Å². The SMILES string of the molecule is C1CCOC1.CC(C)(C)OC(=O)N1[C@@H](/C=C\C2(c3ccc(Cl)cc3)CC2)COC1(C)C. The van der Waals surface area contributed by atoms with Gasteiger partial charge in [0, 0.05) is 23.7 Å². The molecule has 2 heterocycles. The molecule has 1 amide bonds. The number of amides is 1. The Bertz CT molecular complexity index is 766. The van der Waals surface area contributed by atoms with Gasteiger partial charge >= 0.3 is 6.09 Å². The highest BCUT2D eigenvalue weighted by atomic mass is 35.5. The molecule has 0 aromatic heterocycles. The number of allylic oxidation sites excluding steroid dienone is 1. The number of benzene rings is 1. The summed E-state index contributed by atoms with van der Waals surface area (Å²) < 4.78 is 16.4. The lowest BCUT2D eigenvalue weighted by Crippen LogP contribution is -2.49. The molecule has 3 aliphatic rings. The van der Waals surface area contributed by atoms with Gasteiger partial charge in [-0.1, -0.05) is 35.9 Å². The van der Waals surface area contributed by atoms with Crippen molar-refractivity contribution in [2.24, 2.45) is 0 Å². The lowest BCUT2D eigenvalue weighted by atomic mass is 9.95. The van der Waals surface area contributed by atoms with E-state index < -0.39 is 11.3 Å². The van der Waals surface area contributed by atoms with Gasteiger partial charge in [-0.2, -0.15) is 0 Å². The summed E-state index contributed by atoms with van der Waals surface area (Å²) in [6.07, 6.45) is 8.75. The topological polar surface area (TPSA) is 48.0 Å². The zero-order valence-corrected chi connectivity index (χ0v) is 20.2. The summed E-state index contributed by atoms with van der Waals surface area (Å²) >= 11 is 6.01. The van der Waals surface area contributed by atoms with Crippen LogP contribution in [0, 0.1) is 0 Å². The van der Waals surface area contributed by atoms with Gasteiger partial charge in [-0.15, -0.1) is 0 Å². The molecule has 31 heavy (non-hydrogen) atoms. The summed E-state index contributed by atoms with van der Waals surface area (Å²) in [6.45, 7) is 11.9. The van der Waals surface area contributed by atoms with Crippen molar-refractivity contribution >= 4 is 17.7 Å². The summed E-state index contributed by atoms with van der Waals surface area (Å²) in [6, 6.07) is 7.89. The molecule has 0 N–H and O–H groups in total. The van der Waals surface area contributed by atoms with E-state index in [-0.39, 0.29) is 17.6 Å². The maximum atomic E-state index is 12.7. The second-order valence-electron chi connectivity index (χ2n) is 10.0. The highest BCUT2D eigenvalue weighted by molar-refractivity contribution is 6.30. The van der Waals surface area contributed by atoms with Crippen LogP contribution in [0.5, 0.6) is 0 Å². The van der Waals surface area contributed by atoms with E-state index in [9.17, 15) is 4.79 Å². The highest BCUT2D eigenvalue weighted by Gasteiger charge is 2.46. The van der Waals surface area contributed by atoms with Crippen LogP contribution < -0.4 is 0 Å². The Morgan fingerprint density at radius 1 is 1.16 bits per heavy atom. The number of halogens is 1. The molecule has 1 aromatic carbocycles. The van der Waals surface area contributed by atoms with E-state index in [4.69, 9.17) is 25.8 Å². The van der Waals surface area contributed by atoms with Crippen molar-refractivity contribution in [3.05, 3.63) is 47.0 Å². The first-order valence-corrected chi connectivity index (χ1v) is 11.6. The smallest absolute Gasteiger partial charge is 0.413 e. The molecule has 0 unspecified atom stereocenters. The Hall–Kier alpha value is -1.56.